The highest BCUT2D eigenvalue weighted by atomic mass is 19.1. The maximum Gasteiger partial charge on any atom is 0.225 e. The number of anilines is 1. The molecule has 0 saturated heterocycles. The predicted octanol–water partition coefficient (Wildman–Crippen LogP) is 6.00. The highest BCUT2D eigenvalue weighted by Gasteiger charge is 2.57. The van der Waals surface area contributed by atoms with Gasteiger partial charge in [0.2, 0.25) is 5.91 Å². The molecule has 3 aromatic rings. The third kappa shape index (κ3) is 3.67. The smallest absolute Gasteiger partial charge is 0.225 e. The van der Waals surface area contributed by atoms with E-state index in [0.717, 1.165) is 31.5 Å². The normalized spacial score (nSPS) is 28.5. The molecule has 2 N–H and O–H groups in total. The highest BCUT2D eigenvalue weighted by molar-refractivity contribution is 5.89. The molecular formula is C28H30F2N4O. The van der Waals surface area contributed by atoms with Gasteiger partial charge >= 0.3 is 0 Å². The number of rotatable bonds is 5. The summed E-state index contributed by atoms with van der Waals surface area (Å²) in [7, 11) is 0. The van der Waals surface area contributed by atoms with Crippen molar-refractivity contribution in [2.24, 2.45) is 11.8 Å². The monoisotopic (exact) mass is 476 g/mol. The van der Waals surface area contributed by atoms with Crippen molar-refractivity contribution in [2.45, 2.75) is 69.1 Å². The zero-order valence-corrected chi connectivity index (χ0v) is 19.9. The molecule has 0 radical (unpaired) electrons. The molecule has 182 valence electrons. The van der Waals surface area contributed by atoms with Gasteiger partial charge in [-0.05, 0) is 78.9 Å². The molecule has 1 saturated carbocycles. The first-order chi connectivity index (χ1) is 17.0. The Kier molecular flexibility index (Phi) is 5.46. The minimum absolute atomic E-state index is 0.0768. The lowest BCUT2D eigenvalue weighted by atomic mass is 9.53. The summed E-state index contributed by atoms with van der Waals surface area (Å²) in [5.41, 5.74) is 5.71. The van der Waals surface area contributed by atoms with Crippen LogP contribution in [0.5, 0.6) is 0 Å². The maximum atomic E-state index is 13.9. The molecule has 6 rings (SSSR count). The van der Waals surface area contributed by atoms with Crippen molar-refractivity contribution < 1.29 is 13.6 Å². The van der Waals surface area contributed by atoms with Crippen LogP contribution in [0, 0.1) is 23.5 Å². The van der Waals surface area contributed by atoms with Crippen molar-refractivity contribution in [2.75, 3.05) is 5.32 Å². The molecule has 2 aromatic heterocycles. The van der Waals surface area contributed by atoms with Gasteiger partial charge < -0.3 is 5.32 Å². The Morgan fingerprint density at radius 1 is 1.20 bits per heavy atom. The van der Waals surface area contributed by atoms with E-state index < -0.39 is 11.6 Å². The minimum atomic E-state index is -0.862. The van der Waals surface area contributed by atoms with Gasteiger partial charge in [-0.15, -0.1) is 0 Å². The summed E-state index contributed by atoms with van der Waals surface area (Å²) in [5.74, 6) is -0.0922. The topological polar surface area (TPSA) is 70.7 Å². The number of carbonyl (C=O) groups excluding carboxylic acids is 1. The van der Waals surface area contributed by atoms with Crippen molar-refractivity contribution in [3.63, 3.8) is 0 Å². The standard InChI is InChI=1S/C28H30F2N4O/c1-28-12-11-19-18-6-3-2-5-16(18)9-10-21(19)25(28)20(22-15-32-34-26(22)28)7-4-8-24(35)33-27-23(30)13-17(29)14-31-27/h2-3,5-6,13-15,19-21,25H,4,7-12H2,1H3,(H,32,34)(H,31,33,35)/t19?,20-,21?,25?,28+/m1/s1. The molecule has 7 heteroatoms. The summed E-state index contributed by atoms with van der Waals surface area (Å²) in [4.78, 5) is 16.2. The zero-order valence-electron chi connectivity index (χ0n) is 19.9. The summed E-state index contributed by atoms with van der Waals surface area (Å²) in [6.45, 7) is 2.40. The number of halogens is 2. The van der Waals surface area contributed by atoms with Crippen LogP contribution in [0.25, 0.3) is 0 Å². The van der Waals surface area contributed by atoms with Crippen LogP contribution in [0.1, 0.15) is 79.7 Å². The number of nitrogens with zero attached hydrogens (tertiary/aromatic N) is 2. The Labute approximate surface area is 203 Å². The number of hydrogen-bond acceptors (Lipinski definition) is 3. The summed E-state index contributed by atoms with van der Waals surface area (Å²) in [6.07, 6.45) is 9.38. The number of nitrogens with one attached hydrogen (secondary N) is 2. The third-order valence-corrected chi connectivity index (χ3v) is 8.95. The quantitative estimate of drug-likeness (QED) is 0.474. The van der Waals surface area contributed by atoms with Crippen molar-refractivity contribution in [3.8, 4) is 0 Å². The van der Waals surface area contributed by atoms with Gasteiger partial charge in [0.25, 0.3) is 0 Å². The second kappa shape index (κ2) is 8.54. The number of aromatic amines is 1. The molecule has 1 fully saturated rings. The van der Waals surface area contributed by atoms with Crippen molar-refractivity contribution in [3.05, 3.63) is 76.7 Å². The number of fused-ring (bicyclic) bond motifs is 7. The van der Waals surface area contributed by atoms with E-state index >= 15 is 0 Å². The van der Waals surface area contributed by atoms with Crippen LogP contribution in [0.4, 0.5) is 14.6 Å². The number of amides is 1. The van der Waals surface area contributed by atoms with Crippen LogP contribution in [0.15, 0.2) is 42.7 Å². The lowest BCUT2D eigenvalue weighted by Crippen LogP contribution is -2.44. The molecule has 35 heavy (non-hydrogen) atoms. The highest BCUT2D eigenvalue weighted by Crippen LogP contribution is 2.64. The Balaban J connectivity index is 1.20. The Hall–Kier alpha value is -3.09. The van der Waals surface area contributed by atoms with Gasteiger partial charge in [0.1, 0.15) is 5.82 Å². The van der Waals surface area contributed by atoms with E-state index in [-0.39, 0.29) is 23.6 Å². The van der Waals surface area contributed by atoms with Gasteiger partial charge in [-0.2, -0.15) is 5.10 Å². The first kappa shape index (κ1) is 22.4. The second-order valence-electron chi connectivity index (χ2n) is 10.7. The second-order valence-corrected chi connectivity index (χ2v) is 10.7. The summed E-state index contributed by atoms with van der Waals surface area (Å²) >= 11 is 0. The molecule has 0 bridgehead atoms. The van der Waals surface area contributed by atoms with Gasteiger partial charge in [-0.3, -0.25) is 9.89 Å². The van der Waals surface area contributed by atoms with E-state index in [1.165, 1.54) is 35.2 Å². The lowest BCUT2D eigenvalue weighted by molar-refractivity contribution is -0.116. The Morgan fingerprint density at radius 2 is 2.06 bits per heavy atom. The molecule has 2 heterocycles. The van der Waals surface area contributed by atoms with Gasteiger partial charge in [0.05, 0.1) is 12.4 Å². The first-order valence-corrected chi connectivity index (χ1v) is 12.7. The molecule has 3 unspecified atom stereocenters. The van der Waals surface area contributed by atoms with Crippen LogP contribution < -0.4 is 5.32 Å². The molecule has 5 atom stereocenters. The fourth-order valence-electron chi connectivity index (χ4n) is 7.55. The van der Waals surface area contributed by atoms with E-state index in [2.05, 4.69) is 51.7 Å². The van der Waals surface area contributed by atoms with Gasteiger partial charge in [-0.1, -0.05) is 31.2 Å². The minimum Gasteiger partial charge on any atom is -0.308 e. The van der Waals surface area contributed by atoms with Gasteiger partial charge in [-0.25, -0.2) is 13.8 Å². The van der Waals surface area contributed by atoms with Crippen LogP contribution in [0.3, 0.4) is 0 Å². The summed E-state index contributed by atoms with van der Waals surface area (Å²) in [6, 6.07) is 9.66. The average molecular weight is 477 g/mol. The van der Waals surface area contributed by atoms with E-state index in [0.29, 0.717) is 30.1 Å². The first-order valence-electron chi connectivity index (χ1n) is 12.7. The predicted molar refractivity (Wildman–Crippen MR) is 129 cm³/mol. The van der Waals surface area contributed by atoms with E-state index in [1.54, 1.807) is 0 Å². The van der Waals surface area contributed by atoms with Crippen LogP contribution >= 0.6 is 0 Å². The lowest BCUT2D eigenvalue weighted by Gasteiger charge is -2.50. The molecule has 0 aliphatic heterocycles. The van der Waals surface area contributed by atoms with Crippen molar-refractivity contribution >= 4 is 11.7 Å². The van der Waals surface area contributed by atoms with Gasteiger partial charge in [0, 0.05) is 23.6 Å². The SMILES string of the molecule is C[C@]12CCC3c4ccccc4CCC3C1[C@H](CCCC(=O)Nc1ncc(F)cc1F)c1cn[nH]c12. The number of aryl methyl sites for hydroxylation is 1. The van der Waals surface area contributed by atoms with Gasteiger partial charge in [0.15, 0.2) is 11.6 Å². The number of hydrogen-bond donors (Lipinski definition) is 2. The van der Waals surface area contributed by atoms with E-state index in [9.17, 15) is 13.6 Å². The number of aromatic nitrogens is 3. The molecule has 5 nitrogen and oxygen atoms in total. The summed E-state index contributed by atoms with van der Waals surface area (Å²) in [5, 5.41) is 10.2. The van der Waals surface area contributed by atoms with Crippen LogP contribution in [-0.4, -0.2) is 21.1 Å². The van der Waals surface area contributed by atoms with E-state index in [1.807, 2.05) is 6.20 Å². The molecule has 3 aliphatic rings. The number of benzene rings is 1. The Bertz CT molecular complexity index is 1270. The van der Waals surface area contributed by atoms with Crippen molar-refractivity contribution in [1.29, 1.82) is 0 Å². The number of carbonyl (C=O) groups is 1. The Morgan fingerprint density at radius 3 is 2.91 bits per heavy atom. The molecular weight excluding hydrogens is 446 g/mol. The van der Waals surface area contributed by atoms with E-state index in [4.69, 9.17) is 0 Å². The molecule has 1 aromatic carbocycles. The number of H-pyrrole nitrogens is 1. The molecule has 3 aliphatic carbocycles. The molecule has 1 amide bonds. The van der Waals surface area contributed by atoms with Crippen LogP contribution in [0.2, 0.25) is 0 Å². The van der Waals surface area contributed by atoms with Crippen LogP contribution in [-0.2, 0) is 16.6 Å². The van der Waals surface area contributed by atoms with Crippen molar-refractivity contribution in [1.82, 2.24) is 15.2 Å². The fourth-order valence-corrected chi connectivity index (χ4v) is 7.55. The third-order valence-electron chi connectivity index (χ3n) is 8.95. The number of pyridine rings is 1. The summed E-state index contributed by atoms with van der Waals surface area (Å²) < 4.78 is 27.0. The maximum absolute atomic E-state index is 13.9. The zero-order chi connectivity index (χ0) is 24.2. The average Bonchev–Trinajstić information content (AvgIpc) is 3.42. The fraction of sp³-hybridized carbons (Fsp3) is 0.464. The molecule has 0 spiro atoms. The largest absolute Gasteiger partial charge is 0.308 e.